The number of carbonyl (C=O) groups is 2. The van der Waals surface area contributed by atoms with Gasteiger partial charge < -0.3 is 14.8 Å². The minimum atomic E-state index is -3.77. The first kappa shape index (κ1) is 22.4. The molecule has 2 aromatic rings. The number of carbonyl (C=O) groups excluding carboxylic acids is 2. The Morgan fingerprint density at radius 3 is 2.65 bits per heavy atom. The summed E-state index contributed by atoms with van der Waals surface area (Å²) in [4.78, 5) is 24.6. The lowest BCUT2D eigenvalue weighted by Gasteiger charge is -2.26. The summed E-state index contributed by atoms with van der Waals surface area (Å²) in [6, 6.07) is 12.5. The minimum absolute atomic E-state index is 0.0234. The molecule has 2 aromatic carbocycles. The third kappa shape index (κ3) is 5.46. The fourth-order valence-corrected chi connectivity index (χ4v) is 4.42. The van der Waals surface area contributed by atoms with E-state index in [9.17, 15) is 18.0 Å². The SMILES string of the molecule is Cc1ccc(S(=O)(=O)N2CCOCC2)cc1C(=O)OCC(=O)Nc1cccc(C#N)c1. The van der Waals surface area contributed by atoms with Gasteiger partial charge in [0.05, 0.1) is 35.3 Å². The molecule has 0 spiro atoms. The Hall–Kier alpha value is -3.26. The third-order valence-corrected chi connectivity index (χ3v) is 6.54. The first-order valence-electron chi connectivity index (χ1n) is 9.47. The van der Waals surface area contributed by atoms with Crippen LogP contribution in [-0.4, -0.2) is 57.5 Å². The van der Waals surface area contributed by atoms with E-state index in [2.05, 4.69) is 5.32 Å². The van der Waals surface area contributed by atoms with Crippen LogP contribution < -0.4 is 5.32 Å². The first-order chi connectivity index (χ1) is 14.8. The summed E-state index contributed by atoms with van der Waals surface area (Å²) in [5, 5.41) is 11.4. The van der Waals surface area contributed by atoms with E-state index in [0.29, 0.717) is 30.0 Å². The molecule has 0 bridgehead atoms. The van der Waals surface area contributed by atoms with Crippen LogP contribution >= 0.6 is 0 Å². The maximum absolute atomic E-state index is 12.8. The van der Waals surface area contributed by atoms with E-state index < -0.39 is 28.5 Å². The van der Waals surface area contributed by atoms with Crippen LogP contribution in [-0.2, 0) is 24.3 Å². The summed E-state index contributed by atoms with van der Waals surface area (Å²) in [5.74, 6) is -1.39. The molecule has 1 N–H and O–H groups in total. The summed E-state index contributed by atoms with van der Waals surface area (Å²) >= 11 is 0. The van der Waals surface area contributed by atoms with Crippen LogP contribution in [0.1, 0.15) is 21.5 Å². The highest BCUT2D eigenvalue weighted by Gasteiger charge is 2.27. The number of nitriles is 1. The number of rotatable bonds is 6. The predicted octanol–water partition coefficient (Wildman–Crippen LogP) is 1.68. The van der Waals surface area contributed by atoms with Crippen LogP contribution in [0.25, 0.3) is 0 Å². The lowest BCUT2D eigenvalue weighted by molar-refractivity contribution is -0.119. The first-order valence-corrected chi connectivity index (χ1v) is 10.9. The van der Waals surface area contributed by atoms with Crippen molar-refractivity contribution in [2.75, 3.05) is 38.2 Å². The van der Waals surface area contributed by atoms with Gasteiger partial charge in [-0.2, -0.15) is 9.57 Å². The van der Waals surface area contributed by atoms with Gasteiger partial charge >= 0.3 is 5.97 Å². The highest BCUT2D eigenvalue weighted by Crippen LogP contribution is 2.21. The molecule has 1 amide bonds. The monoisotopic (exact) mass is 443 g/mol. The number of hydrogen-bond donors (Lipinski definition) is 1. The lowest BCUT2D eigenvalue weighted by Crippen LogP contribution is -2.40. The van der Waals surface area contributed by atoms with Crippen LogP contribution in [0.3, 0.4) is 0 Å². The summed E-state index contributed by atoms with van der Waals surface area (Å²) in [6.45, 7) is 2.19. The Morgan fingerprint density at radius 1 is 1.19 bits per heavy atom. The molecule has 0 saturated carbocycles. The fraction of sp³-hybridized carbons (Fsp3) is 0.286. The summed E-state index contributed by atoms with van der Waals surface area (Å²) in [6.07, 6.45) is 0. The molecule has 1 saturated heterocycles. The Bertz CT molecular complexity index is 1130. The molecule has 1 aliphatic heterocycles. The second-order valence-electron chi connectivity index (χ2n) is 6.81. The molecule has 9 nitrogen and oxygen atoms in total. The van der Waals surface area contributed by atoms with Crippen molar-refractivity contribution < 1.29 is 27.5 Å². The highest BCUT2D eigenvalue weighted by atomic mass is 32.2. The third-order valence-electron chi connectivity index (χ3n) is 4.65. The van der Waals surface area contributed by atoms with Crippen molar-refractivity contribution in [1.29, 1.82) is 5.26 Å². The fourth-order valence-electron chi connectivity index (χ4n) is 2.99. The van der Waals surface area contributed by atoms with Gasteiger partial charge in [-0.1, -0.05) is 12.1 Å². The predicted molar refractivity (Wildman–Crippen MR) is 111 cm³/mol. The maximum atomic E-state index is 12.8. The Balaban J connectivity index is 1.68. The van der Waals surface area contributed by atoms with Gasteiger partial charge in [-0.25, -0.2) is 13.2 Å². The zero-order valence-corrected chi connectivity index (χ0v) is 17.6. The number of hydrogen-bond acceptors (Lipinski definition) is 7. The molecule has 0 radical (unpaired) electrons. The van der Waals surface area contributed by atoms with E-state index >= 15 is 0 Å². The number of anilines is 1. The number of amides is 1. The zero-order valence-electron chi connectivity index (χ0n) is 16.8. The molecule has 1 heterocycles. The molecule has 0 aromatic heterocycles. The van der Waals surface area contributed by atoms with Gasteiger partial charge in [-0.05, 0) is 42.8 Å². The Morgan fingerprint density at radius 2 is 1.94 bits per heavy atom. The quantitative estimate of drug-likeness (QED) is 0.673. The standard InChI is InChI=1S/C21H21N3O6S/c1-15-5-6-18(31(27,28)24-7-9-29-10-8-24)12-19(15)21(26)30-14-20(25)23-17-4-2-3-16(11-17)13-22/h2-6,11-12H,7-10,14H2,1H3,(H,23,25). The van der Waals surface area contributed by atoms with Gasteiger partial charge in [0, 0.05) is 18.8 Å². The van der Waals surface area contributed by atoms with E-state index in [4.69, 9.17) is 14.7 Å². The van der Waals surface area contributed by atoms with Crippen molar-refractivity contribution in [3.05, 3.63) is 59.2 Å². The number of esters is 1. The van der Waals surface area contributed by atoms with E-state index in [1.807, 2.05) is 6.07 Å². The summed E-state index contributed by atoms with van der Waals surface area (Å²) in [7, 11) is -3.77. The van der Waals surface area contributed by atoms with Gasteiger partial charge in [0.15, 0.2) is 6.61 Å². The van der Waals surface area contributed by atoms with Gasteiger partial charge in [0.25, 0.3) is 5.91 Å². The van der Waals surface area contributed by atoms with Gasteiger partial charge in [-0.15, -0.1) is 0 Å². The molecular formula is C21H21N3O6S. The molecular weight excluding hydrogens is 422 g/mol. The van der Waals surface area contributed by atoms with Crippen molar-refractivity contribution in [2.24, 2.45) is 0 Å². The molecule has 3 rings (SSSR count). The molecule has 0 unspecified atom stereocenters. The van der Waals surface area contributed by atoms with E-state index in [0.717, 1.165) is 0 Å². The summed E-state index contributed by atoms with van der Waals surface area (Å²) < 4.78 is 37.2. The van der Waals surface area contributed by atoms with Crippen molar-refractivity contribution >= 4 is 27.6 Å². The lowest BCUT2D eigenvalue weighted by atomic mass is 10.1. The van der Waals surface area contributed by atoms with Crippen LogP contribution in [0.15, 0.2) is 47.4 Å². The average molecular weight is 443 g/mol. The number of benzene rings is 2. The normalized spacial score (nSPS) is 14.5. The molecule has 1 fully saturated rings. The van der Waals surface area contributed by atoms with Crippen molar-refractivity contribution in [1.82, 2.24) is 4.31 Å². The molecule has 1 aliphatic rings. The topological polar surface area (TPSA) is 126 Å². The number of sulfonamides is 1. The molecule has 162 valence electrons. The van der Waals surface area contributed by atoms with Gasteiger partial charge in [0.2, 0.25) is 10.0 Å². The second kappa shape index (κ2) is 9.70. The molecule has 31 heavy (non-hydrogen) atoms. The highest BCUT2D eigenvalue weighted by molar-refractivity contribution is 7.89. The van der Waals surface area contributed by atoms with E-state index in [1.54, 1.807) is 25.1 Å². The molecule has 0 aliphatic carbocycles. The molecule has 10 heteroatoms. The van der Waals surface area contributed by atoms with Crippen LogP contribution in [0.5, 0.6) is 0 Å². The number of aryl methyl sites for hydroxylation is 1. The smallest absolute Gasteiger partial charge is 0.338 e. The largest absolute Gasteiger partial charge is 0.452 e. The van der Waals surface area contributed by atoms with Crippen LogP contribution in [0, 0.1) is 18.3 Å². The van der Waals surface area contributed by atoms with Gasteiger partial charge in [-0.3, -0.25) is 4.79 Å². The maximum Gasteiger partial charge on any atom is 0.338 e. The minimum Gasteiger partial charge on any atom is -0.452 e. The number of nitrogens with zero attached hydrogens (tertiary/aromatic N) is 2. The molecule has 0 atom stereocenters. The number of nitrogens with one attached hydrogen (secondary N) is 1. The van der Waals surface area contributed by atoms with E-state index in [1.165, 1.54) is 28.6 Å². The zero-order chi connectivity index (χ0) is 22.4. The van der Waals surface area contributed by atoms with E-state index in [-0.39, 0.29) is 23.5 Å². The van der Waals surface area contributed by atoms with Crippen molar-refractivity contribution in [3.63, 3.8) is 0 Å². The van der Waals surface area contributed by atoms with Crippen LogP contribution in [0.2, 0.25) is 0 Å². The Labute approximate surface area is 180 Å². The van der Waals surface area contributed by atoms with Crippen molar-refractivity contribution in [3.8, 4) is 6.07 Å². The van der Waals surface area contributed by atoms with Gasteiger partial charge in [0.1, 0.15) is 0 Å². The number of morpholine rings is 1. The summed E-state index contributed by atoms with van der Waals surface area (Å²) in [5.41, 5.74) is 1.36. The van der Waals surface area contributed by atoms with Crippen molar-refractivity contribution in [2.45, 2.75) is 11.8 Å². The Kier molecular flexibility index (Phi) is 7.02. The average Bonchev–Trinajstić information content (AvgIpc) is 2.78. The van der Waals surface area contributed by atoms with Crippen LogP contribution in [0.4, 0.5) is 5.69 Å². The number of ether oxygens (including phenoxy) is 2. The second-order valence-corrected chi connectivity index (χ2v) is 8.75.